The van der Waals surface area contributed by atoms with Gasteiger partial charge in [-0.1, -0.05) is 19.6 Å². The number of carbonyl (C=O) groups excluding carboxylic acids is 2. The first-order chi connectivity index (χ1) is 42.9. The number of carboxylic acids is 2. The smallest absolute Gasteiger partial charge is 0.416 e. The first-order valence-electron chi connectivity index (χ1n) is 31.2. The zero-order chi connectivity index (χ0) is 64.3. The van der Waals surface area contributed by atoms with Crippen molar-refractivity contribution in [3.63, 3.8) is 0 Å². The van der Waals surface area contributed by atoms with Gasteiger partial charge in [0.1, 0.15) is 17.2 Å². The standard InChI is InChI=1S/C32H38F4N4O4.C22H29FN2O5.C11H13F3N2.CH4/c1-21-19-39(15-16-40(21)25-7-8-28(33)27(18-25)29(41)42)26-9-10-31(44-20-26,22-5-6-22)30(43)38-13-11-37(12-14-38)24-4-2-3-23(17-24)32(34,35)36;1-14-12-24(17-7-8-22(21(27)28,30-13-17)15-3-4-15)9-10-25(14)16-5-6-19(23)18(11-16)20(26)29-2;12-11(13,14)9-2-1-3-10(8-9)16-6-4-15-5-7-16;/h2-4,7-8,17-18,21-22,26H,5-6,9-16,19-20H2,1H3,(H,41,42);5-6,11,14-15,17H,3-4,7-10,12-13H2,1-2H3,(H,27,28);1-3,8,15H,4-7H2;1H4/t21-,26+,31-;14-,17+,22-;;/m00../s1. The Labute approximate surface area is 526 Å². The van der Waals surface area contributed by atoms with E-state index >= 15 is 0 Å². The van der Waals surface area contributed by atoms with E-state index in [1.165, 1.54) is 49.6 Å². The average Bonchev–Trinajstić information content (AvgIpc) is 1.68. The van der Waals surface area contributed by atoms with E-state index in [-0.39, 0.29) is 60.5 Å². The van der Waals surface area contributed by atoms with E-state index in [0.717, 1.165) is 115 Å². The lowest BCUT2D eigenvalue weighted by molar-refractivity contribution is -0.182. The van der Waals surface area contributed by atoms with Crippen molar-refractivity contribution >= 4 is 46.6 Å². The van der Waals surface area contributed by atoms with Gasteiger partial charge in [0.2, 0.25) is 0 Å². The van der Waals surface area contributed by atoms with Crippen LogP contribution in [0.25, 0.3) is 0 Å². The van der Waals surface area contributed by atoms with E-state index in [0.29, 0.717) is 75.8 Å². The molecule has 0 aromatic heterocycles. The fraction of sp³-hybridized carbons (Fsp3) is 0.576. The van der Waals surface area contributed by atoms with Crippen LogP contribution in [0.5, 0.6) is 0 Å². The van der Waals surface area contributed by atoms with E-state index in [9.17, 15) is 64.5 Å². The number of methoxy groups -OCH3 is 1. The minimum absolute atomic E-state index is 0. The predicted molar refractivity (Wildman–Crippen MR) is 328 cm³/mol. The van der Waals surface area contributed by atoms with E-state index in [1.54, 1.807) is 30.3 Å². The molecule has 8 fully saturated rings. The number of carboxylic acid groups (broad SMARTS) is 2. The zero-order valence-electron chi connectivity index (χ0n) is 50.9. The molecule has 6 saturated heterocycles. The Morgan fingerprint density at radius 3 is 1.43 bits per heavy atom. The molecular weight excluding hydrogens is 1200 g/mol. The third-order valence-electron chi connectivity index (χ3n) is 19.3. The normalized spacial score (nSPS) is 26.1. The van der Waals surface area contributed by atoms with Crippen LogP contribution in [-0.2, 0) is 36.2 Å². The summed E-state index contributed by atoms with van der Waals surface area (Å²) >= 11 is 0. The summed E-state index contributed by atoms with van der Waals surface area (Å²) in [5.74, 6) is -3.78. The number of hydrogen-bond donors (Lipinski definition) is 3. The van der Waals surface area contributed by atoms with Gasteiger partial charge in [-0.25, -0.2) is 23.2 Å². The predicted octanol–water partition coefficient (Wildman–Crippen LogP) is 10.0. The second-order valence-electron chi connectivity index (χ2n) is 25.0. The van der Waals surface area contributed by atoms with Gasteiger partial charge in [-0.2, -0.15) is 26.3 Å². The average molecular weight is 1290 g/mol. The second kappa shape index (κ2) is 28.6. The maximum atomic E-state index is 14.0. The van der Waals surface area contributed by atoms with E-state index < -0.39 is 64.2 Å². The molecule has 1 amide bonds. The van der Waals surface area contributed by atoms with Crippen molar-refractivity contribution < 1.29 is 78.7 Å². The van der Waals surface area contributed by atoms with Crippen LogP contribution in [0.2, 0.25) is 0 Å². The highest BCUT2D eigenvalue weighted by atomic mass is 19.4. The molecule has 6 atom stereocenters. The van der Waals surface area contributed by atoms with Crippen LogP contribution in [0, 0.1) is 23.5 Å². The van der Waals surface area contributed by atoms with Crippen LogP contribution in [-0.4, -0.2) is 196 Å². The summed E-state index contributed by atoms with van der Waals surface area (Å²) in [5, 5.41) is 22.2. The lowest BCUT2D eigenvalue weighted by atomic mass is 9.85. The maximum absolute atomic E-state index is 14.0. The number of alkyl halides is 6. The molecule has 25 heteroatoms. The fourth-order valence-electron chi connectivity index (χ4n) is 13.9. The molecule has 0 spiro atoms. The molecule has 6 heterocycles. The zero-order valence-corrected chi connectivity index (χ0v) is 50.9. The summed E-state index contributed by atoms with van der Waals surface area (Å²) in [6, 6.07) is 20.2. The molecule has 8 aliphatic rings. The molecule has 91 heavy (non-hydrogen) atoms. The number of halogens is 8. The number of nitrogens with one attached hydrogen (secondary N) is 1. The number of ether oxygens (including phenoxy) is 3. The van der Waals surface area contributed by atoms with Gasteiger partial charge in [0.15, 0.2) is 5.60 Å². The summed E-state index contributed by atoms with van der Waals surface area (Å²) in [7, 11) is 1.24. The molecule has 498 valence electrons. The third kappa shape index (κ3) is 15.7. The van der Waals surface area contributed by atoms with Crippen molar-refractivity contribution in [2.45, 2.75) is 120 Å². The van der Waals surface area contributed by atoms with Gasteiger partial charge >= 0.3 is 30.3 Å². The highest BCUT2D eigenvalue weighted by molar-refractivity contribution is 5.91. The number of esters is 1. The maximum Gasteiger partial charge on any atom is 0.416 e. The Bertz CT molecular complexity index is 3180. The fourth-order valence-corrected chi connectivity index (χ4v) is 13.9. The van der Waals surface area contributed by atoms with Gasteiger partial charge in [-0.15, -0.1) is 0 Å². The van der Waals surface area contributed by atoms with Crippen molar-refractivity contribution in [2.75, 3.05) is 132 Å². The molecule has 2 aliphatic carbocycles. The topological polar surface area (TPSA) is 171 Å². The first-order valence-corrected chi connectivity index (χ1v) is 31.2. The molecule has 2 saturated carbocycles. The van der Waals surface area contributed by atoms with Crippen molar-refractivity contribution in [2.24, 2.45) is 11.8 Å². The number of anilines is 4. The minimum Gasteiger partial charge on any atom is -0.479 e. The van der Waals surface area contributed by atoms with Crippen LogP contribution in [0.1, 0.15) is 104 Å². The number of aromatic carboxylic acids is 1. The van der Waals surface area contributed by atoms with Crippen LogP contribution in [0.4, 0.5) is 57.9 Å². The molecule has 17 nitrogen and oxygen atoms in total. The summed E-state index contributed by atoms with van der Waals surface area (Å²) in [6.07, 6.45) is -2.05. The highest BCUT2D eigenvalue weighted by Gasteiger charge is 2.57. The Hall–Kier alpha value is -6.80. The molecular formula is C66H84F8N8O9. The van der Waals surface area contributed by atoms with Crippen LogP contribution in [0.15, 0.2) is 84.9 Å². The minimum atomic E-state index is -4.40. The largest absolute Gasteiger partial charge is 0.479 e. The molecule has 0 unspecified atom stereocenters. The summed E-state index contributed by atoms with van der Waals surface area (Å²) in [5.41, 5.74) is -0.843. The SMILES string of the molecule is C.COC(=O)c1cc(N2CCN([C@@H]3CC[C@@](C(=O)O)(C4CC4)OC3)C[C@@H]2C)ccc1F.C[C@H]1CN([C@@H]2CC[C@@](C(=O)N3CCN(c4cccc(C(F)(F)F)c4)CC3)(C3CC3)OC2)CCN1c1ccc(F)c(C(=O)O)c1.FC(F)(F)c1cccc(N2CCNCC2)c1. The number of nitrogens with zero attached hydrogens (tertiary/aromatic N) is 7. The van der Waals surface area contributed by atoms with Crippen molar-refractivity contribution in [3.05, 3.63) is 119 Å². The quantitative estimate of drug-likeness (QED) is 0.0904. The summed E-state index contributed by atoms with van der Waals surface area (Å²) < 4.78 is 122. The van der Waals surface area contributed by atoms with Crippen LogP contribution < -0.4 is 24.9 Å². The Morgan fingerprint density at radius 2 is 1.01 bits per heavy atom. The second-order valence-corrected chi connectivity index (χ2v) is 25.0. The molecule has 6 aliphatic heterocycles. The van der Waals surface area contributed by atoms with Crippen molar-refractivity contribution in [1.29, 1.82) is 0 Å². The van der Waals surface area contributed by atoms with Gasteiger partial charge < -0.3 is 54.2 Å². The lowest BCUT2D eigenvalue weighted by Gasteiger charge is -2.49. The lowest BCUT2D eigenvalue weighted by Crippen LogP contribution is -2.62. The number of amides is 1. The van der Waals surface area contributed by atoms with E-state index in [1.807, 2.05) is 14.7 Å². The molecule has 0 bridgehead atoms. The summed E-state index contributed by atoms with van der Waals surface area (Å²) in [6.45, 7) is 14.4. The van der Waals surface area contributed by atoms with Gasteiger partial charge in [-0.3, -0.25) is 14.6 Å². The van der Waals surface area contributed by atoms with Crippen LogP contribution >= 0.6 is 0 Å². The highest BCUT2D eigenvalue weighted by Crippen LogP contribution is 2.49. The molecule has 4 aromatic rings. The van der Waals surface area contributed by atoms with E-state index in [4.69, 9.17) is 9.47 Å². The first kappa shape index (κ1) is 68.6. The van der Waals surface area contributed by atoms with Gasteiger partial charge in [0.05, 0.1) is 42.6 Å². The Morgan fingerprint density at radius 1 is 0.560 bits per heavy atom. The monoisotopic (exact) mass is 1280 g/mol. The number of benzene rings is 4. The molecule has 3 N–H and O–H groups in total. The van der Waals surface area contributed by atoms with Crippen molar-refractivity contribution in [3.8, 4) is 0 Å². The summed E-state index contributed by atoms with van der Waals surface area (Å²) in [4.78, 5) is 63.7. The van der Waals surface area contributed by atoms with Gasteiger partial charge in [0, 0.05) is 139 Å². The number of carbonyl (C=O) groups is 4. The molecule has 12 rings (SSSR count). The number of rotatable bonds is 12. The number of piperazine rings is 4. The number of hydrogen-bond acceptors (Lipinski definition) is 14. The van der Waals surface area contributed by atoms with E-state index in [2.05, 4.69) is 43.5 Å². The van der Waals surface area contributed by atoms with Crippen molar-refractivity contribution in [1.82, 2.24) is 20.0 Å². The van der Waals surface area contributed by atoms with Crippen LogP contribution in [0.3, 0.4) is 0 Å². The molecule has 4 aromatic carbocycles. The van der Waals surface area contributed by atoms with Gasteiger partial charge in [0.25, 0.3) is 5.91 Å². The Kier molecular flexibility index (Phi) is 21.5. The number of aliphatic carboxylic acids is 1. The molecule has 0 radical (unpaired) electrons. The Balaban J connectivity index is 0.000000179. The third-order valence-corrected chi connectivity index (χ3v) is 19.3. The van der Waals surface area contributed by atoms with Gasteiger partial charge in [-0.05, 0) is 150 Å².